The topological polar surface area (TPSA) is 59.5 Å². The van der Waals surface area contributed by atoms with Crippen molar-refractivity contribution in [3.8, 4) is 0 Å². The summed E-state index contributed by atoms with van der Waals surface area (Å²) < 4.78 is 5.16. The van der Waals surface area contributed by atoms with Crippen LogP contribution in [0.25, 0.3) is 0 Å². The van der Waals surface area contributed by atoms with Gasteiger partial charge in [-0.15, -0.1) is 0 Å². The fraction of sp³-hybridized carbons (Fsp3) is 0.417. The molecule has 5 nitrogen and oxygen atoms in total. The molecule has 18 heavy (non-hydrogen) atoms. The normalized spacial score (nSPS) is 9.94. The number of carbonyl (C=O) groups excluding carboxylic acids is 2. The summed E-state index contributed by atoms with van der Waals surface area (Å²) in [6, 6.07) is 5.08. The highest BCUT2D eigenvalue weighted by atomic mass is 79.9. The number of aromatic nitrogens is 1. The van der Waals surface area contributed by atoms with Crippen molar-refractivity contribution in [3.05, 3.63) is 28.5 Å². The first-order chi connectivity index (χ1) is 8.58. The molecule has 98 valence electrons. The van der Waals surface area contributed by atoms with Crippen molar-refractivity contribution < 1.29 is 14.3 Å². The number of hydrogen-bond donors (Lipinski definition) is 0. The summed E-state index contributed by atoms with van der Waals surface area (Å²) >= 11 is 3.21. The highest BCUT2D eigenvalue weighted by molar-refractivity contribution is 9.10. The minimum absolute atomic E-state index is 0.0582. The van der Waals surface area contributed by atoms with E-state index in [2.05, 4.69) is 25.7 Å². The molecule has 1 aromatic heterocycles. The molecule has 0 atom stereocenters. The molecule has 0 fully saturated rings. The molecule has 0 aliphatic carbocycles. The number of nitrogens with zero attached hydrogens (tertiary/aromatic N) is 2. The number of esters is 1. The van der Waals surface area contributed by atoms with E-state index in [1.807, 2.05) is 6.92 Å². The standard InChI is InChI=1S/C12H15BrN2O3/c1-3-7-15(8-11(16)18-2)12(17)9-5-4-6-10(13)14-9/h4-6H,3,7-8H2,1-2H3. The molecule has 0 N–H and O–H groups in total. The van der Waals surface area contributed by atoms with Crippen LogP contribution < -0.4 is 0 Å². The van der Waals surface area contributed by atoms with Crippen molar-refractivity contribution in [2.45, 2.75) is 13.3 Å². The molecule has 0 saturated carbocycles. The highest BCUT2D eigenvalue weighted by Gasteiger charge is 2.19. The third-order valence-corrected chi connectivity index (χ3v) is 2.70. The van der Waals surface area contributed by atoms with Crippen LogP contribution in [0.2, 0.25) is 0 Å². The fourth-order valence-electron chi connectivity index (χ4n) is 1.43. The highest BCUT2D eigenvalue weighted by Crippen LogP contribution is 2.09. The SMILES string of the molecule is CCCN(CC(=O)OC)C(=O)c1cccc(Br)n1. The second-order valence-corrected chi connectivity index (χ2v) is 4.46. The van der Waals surface area contributed by atoms with Crippen LogP contribution in [0.15, 0.2) is 22.8 Å². The molecule has 1 amide bonds. The summed E-state index contributed by atoms with van der Waals surface area (Å²) in [5.74, 6) is -0.713. The third kappa shape index (κ3) is 4.10. The van der Waals surface area contributed by atoms with E-state index in [-0.39, 0.29) is 12.5 Å². The lowest BCUT2D eigenvalue weighted by Crippen LogP contribution is -2.37. The van der Waals surface area contributed by atoms with E-state index in [1.165, 1.54) is 12.0 Å². The molecule has 0 radical (unpaired) electrons. The van der Waals surface area contributed by atoms with Crippen molar-refractivity contribution in [2.75, 3.05) is 20.2 Å². The Morgan fingerprint density at radius 3 is 2.72 bits per heavy atom. The largest absolute Gasteiger partial charge is 0.468 e. The summed E-state index contributed by atoms with van der Waals surface area (Å²) in [6.45, 7) is 2.37. The first-order valence-electron chi connectivity index (χ1n) is 5.57. The number of hydrogen-bond acceptors (Lipinski definition) is 4. The predicted octanol–water partition coefficient (Wildman–Crippen LogP) is 1.87. The van der Waals surface area contributed by atoms with E-state index in [0.717, 1.165) is 6.42 Å². The summed E-state index contributed by atoms with van der Waals surface area (Å²) in [5, 5.41) is 0. The van der Waals surface area contributed by atoms with Gasteiger partial charge in [0.25, 0.3) is 5.91 Å². The zero-order valence-electron chi connectivity index (χ0n) is 10.4. The molecule has 1 rings (SSSR count). The molecule has 1 aromatic rings. The van der Waals surface area contributed by atoms with Crippen LogP contribution in [-0.2, 0) is 9.53 Å². The molecule has 0 saturated heterocycles. The maximum atomic E-state index is 12.2. The second kappa shape index (κ2) is 7.10. The number of carbonyl (C=O) groups is 2. The summed E-state index contributed by atoms with van der Waals surface area (Å²) in [4.78, 5) is 28.9. The van der Waals surface area contributed by atoms with Crippen LogP contribution >= 0.6 is 15.9 Å². The lowest BCUT2D eigenvalue weighted by atomic mass is 10.3. The molecule has 0 bridgehead atoms. The van der Waals surface area contributed by atoms with Crippen LogP contribution in [0.5, 0.6) is 0 Å². The van der Waals surface area contributed by atoms with E-state index in [9.17, 15) is 9.59 Å². The Hall–Kier alpha value is -1.43. The predicted molar refractivity (Wildman–Crippen MR) is 70.1 cm³/mol. The molecule has 0 aliphatic heterocycles. The van der Waals surface area contributed by atoms with Gasteiger partial charge in [0.15, 0.2) is 0 Å². The van der Waals surface area contributed by atoms with Crippen molar-refractivity contribution in [1.29, 1.82) is 0 Å². The van der Waals surface area contributed by atoms with Crippen molar-refractivity contribution >= 4 is 27.8 Å². The Kier molecular flexibility index (Phi) is 5.77. The van der Waals surface area contributed by atoms with E-state index >= 15 is 0 Å². The minimum Gasteiger partial charge on any atom is -0.468 e. The van der Waals surface area contributed by atoms with Gasteiger partial charge in [0.2, 0.25) is 0 Å². The van der Waals surface area contributed by atoms with Gasteiger partial charge in [0, 0.05) is 6.54 Å². The first kappa shape index (κ1) is 14.6. The van der Waals surface area contributed by atoms with Crippen molar-refractivity contribution in [2.24, 2.45) is 0 Å². The molecule has 0 spiro atoms. The molecular formula is C12H15BrN2O3. The van der Waals surface area contributed by atoms with Gasteiger partial charge in [-0.25, -0.2) is 4.98 Å². The van der Waals surface area contributed by atoms with Gasteiger partial charge >= 0.3 is 5.97 Å². The average Bonchev–Trinajstić information content (AvgIpc) is 2.37. The fourth-order valence-corrected chi connectivity index (χ4v) is 1.78. The van der Waals surface area contributed by atoms with Gasteiger partial charge in [-0.2, -0.15) is 0 Å². The lowest BCUT2D eigenvalue weighted by Gasteiger charge is -2.20. The molecule has 6 heteroatoms. The molecule has 1 heterocycles. The lowest BCUT2D eigenvalue weighted by molar-refractivity contribution is -0.141. The molecule has 0 aliphatic rings. The Labute approximate surface area is 114 Å². The van der Waals surface area contributed by atoms with E-state index in [4.69, 9.17) is 0 Å². The van der Waals surface area contributed by atoms with Crippen molar-refractivity contribution in [3.63, 3.8) is 0 Å². The smallest absolute Gasteiger partial charge is 0.325 e. The first-order valence-corrected chi connectivity index (χ1v) is 6.36. The van der Waals surface area contributed by atoms with E-state index < -0.39 is 5.97 Å². The van der Waals surface area contributed by atoms with Gasteiger partial charge in [-0.3, -0.25) is 9.59 Å². The number of amides is 1. The minimum atomic E-state index is -0.438. The second-order valence-electron chi connectivity index (χ2n) is 3.65. The van der Waals surface area contributed by atoms with Crippen molar-refractivity contribution in [1.82, 2.24) is 9.88 Å². The van der Waals surface area contributed by atoms with E-state index in [1.54, 1.807) is 18.2 Å². The Morgan fingerprint density at radius 2 is 2.17 bits per heavy atom. The average molecular weight is 315 g/mol. The maximum Gasteiger partial charge on any atom is 0.325 e. The zero-order chi connectivity index (χ0) is 13.5. The molecule has 0 unspecified atom stereocenters. The quantitative estimate of drug-likeness (QED) is 0.615. The number of pyridine rings is 1. The summed E-state index contributed by atoms with van der Waals surface area (Å²) in [5.41, 5.74) is 0.307. The number of ether oxygens (including phenoxy) is 1. The van der Waals surface area contributed by atoms with Gasteiger partial charge in [-0.05, 0) is 34.5 Å². The van der Waals surface area contributed by atoms with Crippen LogP contribution in [0.3, 0.4) is 0 Å². The van der Waals surface area contributed by atoms with Crippen LogP contribution in [-0.4, -0.2) is 42.0 Å². The maximum absolute atomic E-state index is 12.2. The Morgan fingerprint density at radius 1 is 1.44 bits per heavy atom. The van der Waals surface area contributed by atoms with Crippen LogP contribution in [0, 0.1) is 0 Å². The zero-order valence-corrected chi connectivity index (χ0v) is 11.9. The number of methoxy groups -OCH3 is 1. The van der Waals surface area contributed by atoms with Crippen LogP contribution in [0.4, 0.5) is 0 Å². The van der Waals surface area contributed by atoms with Crippen LogP contribution in [0.1, 0.15) is 23.8 Å². The van der Waals surface area contributed by atoms with E-state index in [0.29, 0.717) is 16.8 Å². The van der Waals surface area contributed by atoms with Gasteiger partial charge in [-0.1, -0.05) is 13.0 Å². The summed E-state index contributed by atoms with van der Waals surface area (Å²) in [7, 11) is 1.30. The monoisotopic (exact) mass is 314 g/mol. The molecule has 0 aromatic carbocycles. The number of rotatable bonds is 5. The Balaban J connectivity index is 2.85. The van der Waals surface area contributed by atoms with Gasteiger partial charge in [0.05, 0.1) is 7.11 Å². The van der Waals surface area contributed by atoms with Gasteiger partial charge in [0.1, 0.15) is 16.8 Å². The summed E-state index contributed by atoms with van der Waals surface area (Å²) in [6.07, 6.45) is 0.761. The third-order valence-electron chi connectivity index (χ3n) is 2.26. The Bertz CT molecular complexity index is 437. The van der Waals surface area contributed by atoms with Gasteiger partial charge < -0.3 is 9.64 Å². The molecular weight excluding hydrogens is 300 g/mol. The number of halogens is 1.